The molecule has 6 nitrogen and oxygen atoms in total. The molecule has 2 heterocycles. The van der Waals surface area contributed by atoms with Crippen LogP contribution < -0.4 is 0 Å². The van der Waals surface area contributed by atoms with Gasteiger partial charge in [0.15, 0.2) is 0 Å². The summed E-state index contributed by atoms with van der Waals surface area (Å²) in [6, 6.07) is 3.34. The fourth-order valence-corrected chi connectivity index (χ4v) is 2.18. The molecule has 0 aromatic carbocycles. The Labute approximate surface area is 118 Å². The van der Waals surface area contributed by atoms with Crippen molar-refractivity contribution in [2.24, 2.45) is 0 Å². The Hall–Kier alpha value is -1.54. The molecule has 1 aliphatic rings. The van der Waals surface area contributed by atoms with Crippen LogP contribution in [0.5, 0.6) is 0 Å². The fraction of sp³-hybridized carbons (Fsp3) is 0.273. The number of pyridine rings is 1. The monoisotopic (exact) mass is 298 g/mol. The second-order valence-electron chi connectivity index (χ2n) is 3.82. The Morgan fingerprint density at radius 1 is 1.42 bits per heavy atom. The molecule has 19 heavy (non-hydrogen) atoms. The molecule has 1 fully saturated rings. The maximum atomic E-state index is 11.6. The molecule has 0 N–H and O–H groups in total. The molecule has 0 bridgehead atoms. The molecule has 1 aromatic rings. The number of carbonyl (C=O) groups excluding carboxylic acids is 3. The average Bonchev–Trinajstić information content (AvgIpc) is 2.71. The number of rotatable bonds is 4. The Bertz CT molecular complexity index is 519. The van der Waals surface area contributed by atoms with E-state index >= 15 is 0 Å². The third-order valence-corrected chi connectivity index (χ3v) is 3.41. The minimum Gasteiger partial charge on any atom is -0.330 e. The fourth-order valence-electron chi connectivity index (χ4n) is 1.57. The van der Waals surface area contributed by atoms with Gasteiger partial charge in [0.1, 0.15) is 5.03 Å². The van der Waals surface area contributed by atoms with Gasteiger partial charge in [-0.05, 0) is 28.5 Å². The van der Waals surface area contributed by atoms with E-state index in [0.717, 1.165) is 10.8 Å². The second kappa shape index (κ2) is 6.07. The molecule has 1 aromatic heterocycles. The van der Waals surface area contributed by atoms with Crippen molar-refractivity contribution in [1.29, 1.82) is 0 Å². The van der Waals surface area contributed by atoms with Crippen LogP contribution >= 0.6 is 22.5 Å². The van der Waals surface area contributed by atoms with Crippen molar-refractivity contribution in [3.05, 3.63) is 23.9 Å². The van der Waals surface area contributed by atoms with E-state index in [1.165, 1.54) is 0 Å². The molecule has 2 amide bonds. The van der Waals surface area contributed by atoms with Crippen molar-refractivity contribution < 1.29 is 19.2 Å². The molecule has 0 radical (unpaired) electrons. The minimum absolute atomic E-state index is 0.0408. The van der Waals surface area contributed by atoms with Crippen LogP contribution in [0, 0.1) is 0 Å². The Balaban J connectivity index is 1.97. The van der Waals surface area contributed by atoms with Crippen LogP contribution in [-0.2, 0) is 25.6 Å². The summed E-state index contributed by atoms with van der Waals surface area (Å²) in [5, 5.41) is 1.19. The molecule has 0 saturated carbocycles. The van der Waals surface area contributed by atoms with Crippen molar-refractivity contribution in [2.75, 3.05) is 0 Å². The van der Waals surface area contributed by atoms with Gasteiger partial charge in [0.2, 0.25) is 0 Å². The van der Waals surface area contributed by atoms with E-state index in [1.807, 2.05) is 0 Å². The summed E-state index contributed by atoms with van der Waals surface area (Å²) in [5.74, 6) is -1.63. The highest BCUT2D eigenvalue weighted by atomic mass is 33.1. The van der Waals surface area contributed by atoms with Gasteiger partial charge in [0.05, 0.1) is 6.42 Å². The smallest absolute Gasteiger partial charge is 0.330 e. The minimum atomic E-state index is -0.662. The van der Waals surface area contributed by atoms with Crippen LogP contribution in [-0.4, -0.2) is 27.8 Å². The predicted molar refractivity (Wildman–Crippen MR) is 70.0 cm³/mol. The third kappa shape index (κ3) is 3.48. The topological polar surface area (TPSA) is 76.6 Å². The summed E-state index contributed by atoms with van der Waals surface area (Å²) in [6.07, 6.45) is 1.68. The standard InChI is InChI=1S/C11H10N2O4S2/c14-9-1-2-10(15)13(9)17-11(16)6-7-3-4-12-8(5-7)19-18/h3-5,18H,1-2,6H2. The Morgan fingerprint density at radius 2 is 2.11 bits per heavy atom. The van der Waals surface area contributed by atoms with Gasteiger partial charge in [-0.25, -0.2) is 9.78 Å². The predicted octanol–water partition coefficient (Wildman–Crippen LogP) is 1.17. The number of aromatic nitrogens is 1. The van der Waals surface area contributed by atoms with E-state index in [1.54, 1.807) is 18.3 Å². The van der Waals surface area contributed by atoms with Gasteiger partial charge >= 0.3 is 5.97 Å². The summed E-state index contributed by atoms with van der Waals surface area (Å²) < 4.78 is 0. The lowest BCUT2D eigenvalue weighted by atomic mass is 10.2. The van der Waals surface area contributed by atoms with E-state index in [9.17, 15) is 14.4 Å². The molecule has 0 atom stereocenters. The van der Waals surface area contributed by atoms with Crippen molar-refractivity contribution >= 4 is 40.2 Å². The number of hydrogen-bond donors (Lipinski definition) is 1. The van der Waals surface area contributed by atoms with E-state index in [-0.39, 0.29) is 19.3 Å². The summed E-state index contributed by atoms with van der Waals surface area (Å²) in [6.45, 7) is 0. The maximum Gasteiger partial charge on any atom is 0.337 e. The molecule has 2 rings (SSSR count). The van der Waals surface area contributed by atoms with Crippen LogP contribution in [0.1, 0.15) is 18.4 Å². The van der Waals surface area contributed by atoms with Crippen LogP contribution in [0.15, 0.2) is 23.4 Å². The molecule has 0 spiro atoms. The Morgan fingerprint density at radius 3 is 2.74 bits per heavy atom. The largest absolute Gasteiger partial charge is 0.337 e. The SMILES string of the molecule is O=C(Cc1ccnc(SS)c1)ON1C(=O)CCC1=O. The molecule has 1 saturated heterocycles. The lowest BCUT2D eigenvalue weighted by molar-refractivity contribution is -0.197. The zero-order valence-electron chi connectivity index (χ0n) is 9.74. The van der Waals surface area contributed by atoms with Crippen LogP contribution in [0.2, 0.25) is 0 Å². The number of thiol groups is 1. The lowest BCUT2D eigenvalue weighted by Gasteiger charge is -2.12. The van der Waals surface area contributed by atoms with Crippen molar-refractivity contribution in [3.63, 3.8) is 0 Å². The van der Waals surface area contributed by atoms with Gasteiger partial charge in [0, 0.05) is 19.0 Å². The zero-order chi connectivity index (χ0) is 13.8. The number of carbonyl (C=O) groups is 3. The lowest BCUT2D eigenvalue weighted by Crippen LogP contribution is -2.32. The molecule has 8 heteroatoms. The van der Waals surface area contributed by atoms with Gasteiger partial charge in [-0.2, -0.15) is 0 Å². The van der Waals surface area contributed by atoms with Gasteiger partial charge in [0.25, 0.3) is 11.8 Å². The first-order chi connectivity index (χ1) is 9.10. The average molecular weight is 298 g/mol. The third-order valence-electron chi connectivity index (χ3n) is 2.44. The van der Waals surface area contributed by atoms with Crippen LogP contribution in [0.25, 0.3) is 0 Å². The quantitative estimate of drug-likeness (QED) is 0.511. The molecule has 0 aliphatic carbocycles. The Kier molecular flexibility index (Phi) is 4.43. The molecule has 1 aliphatic heterocycles. The molecule has 100 valence electrons. The highest BCUT2D eigenvalue weighted by Gasteiger charge is 2.32. The van der Waals surface area contributed by atoms with Gasteiger partial charge < -0.3 is 4.84 Å². The van der Waals surface area contributed by atoms with Gasteiger partial charge in [-0.3, -0.25) is 9.59 Å². The van der Waals surface area contributed by atoms with Crippen molar-refractivity contribution in [1.82, 2.24) is 10.0 Å². The van der Waals surface area contributed by atoms with Crippen molar-refractivity contribution in [3.8, 4) is 0 Å². The zero-order valence-corrected chi connectivity index (χ0v) is 11.4. The first kappa shape index (κ1) is 13.9. The highest BCUT2D eigenvalue weighted by Crippen LogP contribution is 2.20. The first-order valence-corrected chi connectivity index (χ1v) is 7.30. The van der Waals surface area contributed by atoms with Gasteiger partial charge in [-0.15, -0.1) is 16.7 Å². The van der Waals surface area contributed by atoms with Gasteiger partial charge in [-0.1, -0.05) is 0 Å². The molecular weight excluding hydrogens is 288 g/mol. The molecule has 0 unspecified atom stereocenters. The van der Waals surface area contributed by atoms with E-state index in [2.05, 4.69) is 16.6 Å². The second-order valence-corrected chi connectivity index (χ2v) is 4.96. The number of imide groups is 1. The number of nitrogens with zero attached hydrogens (tertiary/aromatic N) is 2. The van der Waals surface area contributed by atoms with E-state index in [0.29, 0.717) is 15.7 Å². The summed E-state index contributed by atoms with van der Waals surface area (Å²) >= 11 is 4.01. The first-order valence-electron chi connectivity index (χ1n) is 5.43. The summed E-state index contributed by atoms with van der Waals surface area (Å²) in [4.78, 5) is 43.0. The normalized spacial score (nSPS) is 14.9. The van der Waals surface area contributed by atoms with Crippen LogP contribution in [0.3, 0.4) is 0 Å². The molecular formula is C11H10N2O4S2. The van der Waals surface area contributed by atoms with E-state index < -0.39 is 17.8 Å². The highest BCUT2D eigenvalue weighted by molar-refractivity contribution is 8.68. The number of hydrogen-bond acceptors (Lipinski definition) is 7. The van der Waals surface area contributed by atoms with E-state index in [4.69, 9.17) is 4.84 Å². The number of amides is 2. The summed E-state index contributed by atoms with van der Waals surface area (Å²) in [5.41, 5.74) is 0.677. The van der Waals surface area contributed by atoms with Crippen molar-refractivity contribution in [2.45, 2.75) is 24.3 Å². The summed E-state index contributed by atoms with van der Waals surface area (Å²) in [7, 11) is 1.16. The van der Waals surface area contributed by atoms with Crippen LogP contribution in [0.4, 0.5) is 0 Å². The maximum absolute atomic E-state index is 11.6. The number of hydroxylamine groups is 2.